The Balaban J connectivity index is 2.00. The first-order valence-electron chi connectivity index (χ1n) is 7.54. The van der Waals surface area contributed by atoms with Crippen LogP contribution in [0.1, 0.15) is 50.0 Å². The molecule has 0 amide bonds. The van der Waals surface area contributed by atoms with Crippen LogP contribution < -0.4 is 10.5 Å². The second-order valence-corrected chi connectivity index (χ2v) is 5.62. The van der Waals surface area contributed by atoms with Crippen molar-refractivity contribution in [2.24, 2.45) is 5.73 Å². The van der Waals surface area contributed by atoms with Gasteiger partial charge in [0.25, 0.3) is 0 Å². The highest BCUT2D eigenvalue weighted by molar-refractivity contribution is 5.28. The molecule has 0 aliphatic carbocycles. The van der Waals surface area contributed by atoms with Crippen molar-refractivity contribution in [3.8, 4) is 5.75 Å². The summed E-state index contributed by atoms with van der Waals surface area (Å²) < 4.78 is 7.36. The molecule has 2 N–H and O–H groups in total. The summed E-state index contributed by atoms with van der Waals surface area (Å²) in [5.74, 6) is 0.788. The largest absolute Gasteiger partial charge is 0.493 e. The average Bonchev–Trinajstić information content (AvgIpc) is 2.92. The maximum Gasteiger partial charge on any atom is 0.161 e. The normalized spacial score (nSPS) is 12.6. The summed E-state index contributed by atoms with van der Waals surface area (Å²) in [5.41, 5.74) is 8.73. The zero-order valence-electron chi connectivity index (χ0n) is 13.1. The molecule has 1 aromatic carbocycles. The van der Waals surface area contributed by atoms with Crippen LogP contribution in [-0.4, -0.2) is 16.9 Å². The minimum absolute atomic E-state index is 0.0476. The predicted molar refractivity (Wildman–Crippen MR) is 85.5 cm³/mol. The molecular formula is C17H25N3O. The molecule has 0 saturated heterocycles. The van der Waals surface area contributed by atoms with Gasteiger partial charge < -0.3 is 10.5 Å². The van der Waals surface area contributed by atoms with Crippen LogP contribution in [0.4, 0.5) is 0 Å². The predicted octanol–water partition coefficient (Wildman–Crippen LogP) is 3.50. The molecule has 0 bridgehead atoms. The molecule has 1 atom stereocenters. The molecule has 1 aromatic heterocycles. The molecule has 1 heterocycles. The number of hydrogen-bond donors (Lipinski definition) is 1. The minimum Gasteiger partial charge on any atom is -0.493 e. The number of benzene rings is 1. The Labute approximate surface area is 126 Å². The van der Waals surface area contributed by atoms with Crippen LogP contribution >= 0.6 is 0 Å². The fraction of sp³-hybridized carbons (Fsp3) is 0.471. The van der Waals surface area contributed by atoms with Gasteiger partial charge in [0.1, 0.15) is 0 Å². The van der Waals surface area contributed by atoms with Crippen LogP contribution in [0, 0.1) is 0 Å². The standard InChI is InChI=1S/C17H25N3O/c1-13(2)20-17(16(21-3)12-19-20)15(18)11-7-10-14-8-5-4-6-9-14/h4-6,8-9,12-13,15H,7,10-11,18H2,1-3H3. The summed E-state index contributed by atoms with van der Waals surface area (Å²) in [6, 6.07) is 10.7. The van der Waals surface area contributed by atoms with E-state index in [9.17, 15) is 0 Å². The van der Waals surface area contributed by atoms with E-state index in [2.05, 4.69) is 43.2 Å². The third-order valence-corrected chi connectivity index (χ3v) is 3.68. The van der Waals surface area contributed by atoms with Gasteiger partial charge in [-0.15, -0.1) is 0 Å². The molecule has 0 fully saturated rings. The van der Waals surface area contributed by atoms with Crippen LogP contribution in [-0.2, 0) is 6.42 Å². The zero-order chi connectivity index (χ0) is 15.2. The van der Waals surface area contributed by atoms with Crippen molar-refractivity contribution in [3.63, 3.8) is 0 Å². The van der Waals surface area contributed by atoms with Crippen LogP contribution in [0.2, 0.25) is 0 Å². The van der Waals surface area contributed by atoms with E-state index in [1.807, 2.05) is 10.7 Å². The first-order chi connectivity index (χ1) is 10.1. The van der Waals surface area contributed by atoms with Crippen molar-refractivity contribution >= 4 is 0 Å². The molecule has 4 heteroatoms. The van der Waals surface area contributed by atoms with Crippen molar-refractivity contribution in [2.75, 3.05) is 7.11 Å². The maximum atomic E-state index is 6.38. The van der Waals surface area contributed by atoms with Crippen LogP contribution in [0.5, 0.6) is 5.75 Å². The second kappa shape index (κ2) is 7.27. The number of ether oxygens (including phenoxy) is 1. The molecule has 2 aromatic rings. The highest BCUT2D eigenvalue weighted by Crippen LogP contribution is 2.28. The molecule has 0 aliphatic rings. The summed E-state index contributed by atoms with van der Waals surface area (Å²) in [5, 5.41) is 4.39. The number of rotatable bonds is 7. The highest BCUT2D eigenvalue weighted by Gasteiger charge is 2.19. The summed E-state index contributed by atoms with van der Waals surface area (Å²) in [4.78, 5) is 0. The molecule has 0 aliphatic heterocycles. The average molecular weight is 287 g/mol. The second-order valence-electron chi connectivity index (χ2n) is 5.62. The Morgan fingerprint density at radius 3 is 2.57 bits per heavy atom. The Bertz CT molecular complexity index is 548. The monoisotopic (exact) mass is 287 g/mol. The topological polar surface area (TPSA) is 53.1 Å². The molecule has 1 unspecified atom stereocenters. The lowest BCUT2D eigenvalue weighted by atomic mass is 10.0. The van der Waals surface area contributed by atoms with Gasteiger partial charge in [0.05, 0.1) is 25.0 Å². The number of nitrogens with two attached hydrogens (primary N) is 1. The Morgan fingerprint density at radius 2 is 1.95 bits per heavy atom. The summed E-state index contributed by atoms with van der Waals surface area (Å²) in [7, 11) is 1.67. The summed E-state index contributed by atoms with van der Waals surface area (Å²) in [6.07, 6.45) is 4.78. The molecule has 21 heavy (non-hydrogen) atoms. The number of nitrogens with zero attached hydrogens (tertiary/aromatic N) is 2. The lowest BCUT2D eigenvalue weighted by Gasteiger charge is -2.18. The van der Waals surface area contributed by atoms with Gasteiger partial charge in [0.15, 0.2) is 5.75 Å². The Morgan fingerprint density at radius 1 is 1.24 bits per heavy atom. The quantitative estimate of drug-likeness (QED) is 0.848. The van der Waals surface area contributed by atoms with E-state index in [-0.39, 0.29) is 12.1 Å². The summed E-state index contributed by atoms with van der Waals surface area (Å²) in [6.45, 7) is 4.21. The van der Waals surface area contributed by atoms with Gasteiger partial charge >= 0.3 is 0 Å². The molecule has 114 valence electrons. The first-order valence-corrected chi connectivity index (χ1v) is 7.54. The van der Waals surface area contributed by atoms with Gasteiger partial charge in [0, 0.05) is 6.04 Å². The van der Waals surface area contributed by atoms with E-state index in [0.717, 1.165) is 30.7 Å². The molecule has 0 saturated carbocycles. The van der Waals surface area contributed by atoms with Crippen LogP contribution in [0.3, 0.4) is 0 Å². The lowest BCUT2D eigenvalue weighted by molar-refractivity contribution is 0.392. The van der Waals surface area contributed by atoms with E-state index in [4.69, 9.17) is 10.5 Å². The van der Waals surface area contributed by atoms with E-state index < -0.39 is 0 Å². The third-order valence-electron chi connectivity index (χ3n) is 3.68. The van der Waals surface area contributed by atoms with Crippen LogP contribution in [0.15, 0.2) is 36.5 Å². The maximum absolute atomic E-state index is 6.38. The first kappa shape index (κ1) is 15.6. The Hall–Kier alpha value is -1.81. The fourth-order valence-electron chi connectivity index (χ4n) is 2.58. The third kappa shape index (κ3) is 3.85. The number of methoxy groups -OCH3 is 1. The van der Waals surface area contributed by atoms with Crippen LogP contribution in [0.25, 0.3) is 0 Å². The van der Waals surface area contributed by atoms with Crippen molar-refractivity contribution in [1.82, 2.24) is 9.78 Å². The van der Waals surface area contributed by atoms with E-state index in [1.54, 1.807) is 13.3 Å². The SMILES string of the molecule is COc1cnn(C(C)C)c1C(N)CCCc1ccccc1. The van der Waals surface area contributed by atoms with E-state index in [0.29, 0.717) is 0 Å². The highest BCUT2D eigenvalue weighted by atomic mass is 16.5. The van der Waals surface area contributed by atoms with Gasteiger partial charge in [-0.3, -0.25) is 4.68 Å². The molecule has 4 nitrogen and oxygen atoms in total. The van der Waals surface area contributed by atoms with Gasteiger partial charge in [-0.2, -0.15) is 5.10 Å². The summed E-state index contributed by atoms with van der Waals surface area (Å²) >= 11 is 0. The van der Waals surface area contributed by atoms with Gasteiger partial charge in [-0.25, -0.2) is 0 Å². The molecule has 2 rings (SSSR count). The van der Waals surface area contributed by atoms with Gasteiger partial charge in [-0.05, 0) is 38.7 Å². The van der Waals surface area contributed by atoms with Gasteiger partial charge in [0.2, 0.25) is 0 Å². The lowest BCUT2D eigenvalue weighted by Crippen LogP contribution is -2.18. The van der Waals surface area contributed by atoms with Crippen molar-refractivity contribution in [1.29, 1.82) is 0 Å². The number of aryl methyl sites for hydroxylation is 1. The number of hydrogen-bond acceptors (Lipinski definition) is 3. The number of aromatic nitrogens is 2. The molecular weight excluding hydrogens is 262 g/mol. The minimum atomic E-state index is -0.0476. The zero-order valence-corrected chi connectivity index (χ0v) is 13.1. The van der Waals surface area contributed by atoms with E-state index in [1.165, 1.54) is 5.56 Å². The van der Waals surface area contributed by atoms with E-state index >= 15 is 0 Å². The van der Waals surface area contributed by atoms with Crippen molar-refractivity contribution < 1.29 is 4.74 Å². The van der Waals surface area contributed by atoms with Crippen molar-refractivity contribution in [2.45, 2.75) is 45.2 Å². The molecule has 0 spiro atoms. The molecule has 0 radical (unpaired) electrons. The Kier molecular flexibility index (Phi) is 5.39. The van der Waals surface area contributed by atoms with Crippen molar-refractivity contribution in [3.05, 3.63) is 47.8 Å². The van der Waals surface area contributed by atoms with Gasteiger partial charge in [-0.1, -0.05) is 30.3 Å². The smallest absolute Gasteiger partial charge is 0.161 e. The fourth-order valence-corrected chi connectivity index (χ4v) is 2.58.